The average molecular weight is 347 g/mol. The number of hydrogen-bond donors (Lipinski definition) is 2. The first-order valence-electron chi connectivity index (χ1n) is 8.54. The van der Waals surface area contributed by atoms with Crippen LogP contribution in [0.3, 0.4) is 0 Å². The van der Waals surface area contributed by atoms with Gasteiger partial charge in [0.05, 0.1) is 5.69 Å². The van der Waals surface area contributed by atoms with Crippen LogP contribution in [0.2, 0.25) is 0 Å². The second kappa shape index (κ2) is 7.57. The normalized spacial score (nSPS) is 23.5. The summed E-state index contributed by atoms with van der Waals surface area (Å²) in [7, 11) is 0. The number of carbonyl (C=O) groups is 2. The summed E-state index contributed by atoms with van der Waals surface area (Å²) in [6, 6.07) is 5.54. The van der Waals surface area contributed by atoms with E-state index in [2.05, 4.69) is 10.6 Å². The summed E-state index contributed by atoms with van der Waals surface area (Å²) < 4.78 is 0. The van der Waals surface area contributed by atoms with E-state index in [1.54, 1.807) is 0 Å². The molecule has 2 heterocycles. The molecule has 0 aliphatic carbocycles. The van der Waals surface area contributed by atoms with Gasteiger partial charge < -0.3 is 15.5 Å². The van der Waals surface area contributed by atoms with Gasteiger partial charge in [-0.05, 0) is 62.2 Å². The Morgan fingerprint density at radius 1 is 1.21 bits per heavy atom. The summed E-state index contributed by atoms with van der Waals surface area (Å²) in [5.41, 5.74) is 1.47. The van der Waals surface area contributed by atoms with E-state index in [0.29, 0.717) is 17.4 Å². The molecule has 24 heavy (non-hydrogen) atoms. The second-order valence-electron chi connectivity index (χ2n) is 6.64. The van der Waals surface area contributed by atoms with Crippen LogP contribution in [0.25, 0.3) is 0 Å². The van der Waals surface area contributed by atoms with E-state index in [1.807, 2.05) is 29.4 Å². The van der Waals surface area contributed by atoms with Crippen LogP contribution >= 0.6 is 11.8 Å². The first kappa shape index (κ1) is 17.3. The number of fused-ring (bicyclic) bond motifs is 1. The predicted molar refractivity (Wildman–Crippen MR) is 97.5 cm³/mol. The summed E-state index contributed by atoms with van der Waals surface area (Å²) in [6.07, 6.45) is 4.13. The fourth-order valence-corrected chi connectivity index (χ4v) is 4.30. The van der Waals surface area contributed by atoms with E-state index in [-0.39, 0.29) is 11.8 Å². The maximum atomic E-state index is 12.9. The third-order valence-corrected chi connectivity index (χ3v) is 5.84. The van der Waals surface area contributed by atoms with Gasteiger partial charge in [0.1, 0.15) is 0 Å². The van der Waals surface area contributed by atoms with Crippen molar-refractivity contribution in [1.82, 2.24) is 10.2 Å². The zero-order chi connectivity index (χ0) is 17.1. The Morgan fingerprint density at radius 2 is 1.88 bits per heavy atom. The Hall–Kier alpha value is -1.53. The Labute approximate surface area is 147 Å². The molecule has 130 valence electrons. The fraction of sp³-hybridized carbons (Fsp3) is 0.556. The second-order valence-corrected chi connectivity index (χ2v) is 7.49. The summed E-state index contributed by atoms with van der Waals surface area (Å²) >= 11 is 1.54. The Bertz CT molecular complexity index is 621. The molecule has 6 heteroatoms. The van der Waals surface area contributed by atoms with Gasteiger partial charge in [-0.1, -0.05) is 0 Å². The third kappa shape index (κ3) is 3.75. The standard InChI is InChI=1S/C18H25N3O2S/c1-12(22)20-16-4-3-13(9-17(16)24-2)18(23)21-7-5-14-10-19-11-15(14)6-8-21/h3-4,9,14-15,19H,5-8,10-11H2,1-2H3,(H,20,22)/t14-,15+. The van der Waals surface area contributed by atoms with E-state index >= 15 is 0 Å². The maximum absolute atomic E-state index is 12.9. The molecule has 1 aromatic rings. The molecule has 2 amide bonds. The smallest absolute Gasteiger partial charge is 0.253 e. The van der Waals surface area contributed by atoms with Gasteiger partial charge in [0.15, 0.2) is 0 Å². The Kier molecular flexibility index (Phi) is 5.46. The van der Waals surface area contributed by atoms with Crippen molar-refractivity contribution in [2.24, 2.45) is 11.8 Å². The van der Waals surface area contributed by atoms with Gasteiger partial charge in [-0.15, -0.1) is 11.8 Å². The highest BCUT2D eigenvalue weighted by Crippen LogP contribution is 2.30. The molecular weight excluding hydrogens is 322 g/mol. The molecule has 1 aromatic carbocycles. The van der Waals surface area contributed by atoms with Crippen molar-refractivity contribution in [2.75, 3.05) is 37.8 Å². The van der Waals surface area contributed by atoms with Crippen LogP contribution in [0.1, 0.15) is 30.1 Å². The Morgan fingerprint density at radius 3 is 2.46 bits per heavy atom. The first-order valence-corrected chi connectivity index (χ1v) is 9.76. The average Bonchev–Trinajstić information content (AvgIpc) is 2.92. The van der Waals surface area contributed by atoms with Crippen LogP contribution < -0.4 is 10.6 Å². The van der Waals surface area contributed by atoms with Crippen LogP contribution in [0.15, 0.2) is 23.1 Å². The monoisotopic (exact) mass is 347 g/mol. The molecule has 2 aliphatic heterocycles. The van der Waals surface area contributed by atoms with Crippen LogP contribution in [-0.2, 0) is 4.79 Å². The van der Waals surface area contributed by atoms with Crippen LogP contribution in [0, 0.1) is 11.8 Å². The minimum atomic E-state index is -0.1000. The van der Waals surface area contributed by atoms with Gasteiger partial charge in [0.2, 0.25) is 5.91 Å². The van der Waals surface area contributed by atoms with Gasteiger partial charge in [-0.2, -0.15) is 0 Å². The minimum absolute atomic E-state index is 0.1000. The molecule has 2 atom stereocenters. The van der Waals surface area contributed by atoms with Crippen molar-refractivity contribution in [3.05, 3.63) is 23.8 Å². The van der Waals surface area contributed by atoms with E-state index in [0.717, 1.165) is 49.6 Å². The fourth-order valence-electron chi connectivity index (χ4n) is 3.72. The SMILES string of the molecule is CSc1cc(C(=O)N2CC[C@@H]3CNC[C@@H]3CC2)ccc1NC(C)=O. The van der Waals surface area contributed by atoms with E-state index in [1.165, 1.54) is 18.7 Å². The molecule has 0 spiro atoms. The number of nitrogens with zero attached hydrogens (tertiary/aromatic N) is 1. The zero-order valence-electron chi connectivity index (χ0n) is 14.3. The van der Waals surface area contributed by atoms with Crippen molar-refractivity contribution in [2.45, 2.75) is 24.7 Å². The zero-order valence-corrected chi connectivity index (χ0v) is 15.1. The molecule has 2 aliphatic rings. The molecule has 5 nitrogen and oxygen atoms in total. The van der Waals surface area contributed by atoms with Gasteiger partial charge in [-0.3, -0.25) is 9.59 Å². The maximum Gasteiger partial charge on any atom is 0.253 e. The number of rotatable bonds is 3. The molecule has 0 radical (unpaired) electrons. The quantitative estimate of drug-likeness (QED) is 0.825. The Balaban J connectivity index is 1.73. The lowest BCUT2D eigenvalue weighted by Gasteiger charge is -2.21. The molecule has 3 rings (SSSR count). The number of thioether (sulfide) groups is 1. The molecule has 0 unspecified atom stereocenters. The van der Waals surface area contributed by atoms with Crippen LogP contribution in [0.5, 0.6) is 0 Å². The number of anilines is 1. The topological polar surface area (TPSA) is 61.4 Å². The minimum Gasteiger partial charge on any atom is -0.339 e. The van der Waals surface area contributed by atoms with Crippen molar-refractivity contribution < 1.29 is 9.59 Å². The lowest BCUT2D eigenvalue weighted by atomic mass is 9.92. The lowest BCUT2D eigenvalue weighted by Crippen LogP contribution is -2.32. The largest absolute Gasteiger partial charge is 0.339 e. The third-order valence-electron chi connectivity index (χ3n) is 5.07. The molecule has 2 fully saturated rings. The summed E-state index contributed by atoms with van der Waals surface area (Å²) in [5.74, 6) is 1.43. The number of nitrogens with one attached hydrogen (secondary N) is 2. The van der Waals surface area contributed by atoms with E-state index in [4.69, 9.17) is 0 Å². The van der Waals surface area contributed by atoms with Crippen LogP contribution in [-0.4, -0.2) is 49.1 Å². The lowest BCUT2D eigenvalue weighted by molar-refractivity contribution is -0.114. The summed E-state index contributed by atoms with van der Waals surface area (Å²) in [4.78, 5) is 27.1. The van der Waals surface area contributed by atoms with E-state index < -0.39 is 0 Å². The first-order chi connectivity index (χ1) is 11.6. The summed E-state index contributed by atoms with van der Waals surface area (Å²) in [6.45, 7) is 5.35. The summed E-state index contributed by atoms with van der Waals surface area (Å²) in [5, 5.41) is 6.28. The highest BCUT2D eigenvalue weighted by Gasteiger charge is 2.31. The predicted octanol–water partition coefficient (Wildman–Crippen LogP) is 2.44. The number of amides is 2. The van der Waals surface area contributed by atoms with Gasteiger partial charge in [0, 0.05) is 30.5 Å². The molecule has 2 N–H and O–H groups in total. The molecule has 0 aromatic heterocycles. The van der Waals surface area contributed by atoms with Crippen molar-refractivity contribution in [3.63, 3.8) is 0 Å². The number of carbonyl (C=O) groups excluding carboxylic acids is 2. The number of likely N-dealkylation sites (tertiary alicyclic amines) is 1. The number of benzene rings is 1. The van der Waals surface area contributed by atoms with Crippen molar-refractivity contribution in [1.29, 1.82) is 0 Å². The van der Waals surface area contributed by atoms with Crippen LogP contribution in [0.4, 0.5) is 5.69 Å². The molecular formula is C18H25N3O2S. The number of hydrogen-bond acceptors (Lipinski definition) is 4. The highest BCUT2D eigenvalue weighted by molar-refractivity contribution is 7.98. The molecule has 2 saturated heterocycles. The molecule has 0 bridgehead atoms. The van der Waals surface area contributed by atoms with Crippen molar-refractivity contribution >= 4 is 29.3 Å². The van der Waals surface area contributed by atoms with Gasteiger partial charge in [-0.25, -0.2) is 0 Å². The van der Waals surface area contributed by atoms with E-state index in [9.17, 15) is 9.59 Å². The highest BCUT2D eigenvalue weighted by atomic mass is 32.2. The van der Waals surface area contributed by atoms with Gasteiger partial charge in [0.25, 0.3) is 5.91 Å². The molecule has 0 saturated carbocycles. The van der Waals surface area contributed by atoms with Gasteiger partial charge >= 0.3 is 0 Å². The van der Waals surface area contributed by atoms with Crippen molar-refractivity contribution in [3.8, 4) is 0 Å².